The third-order valence-corrected chi connectivity index (χ3v) is 4.83. The molecule has 0 bridgehead atoms. The number of aromatic hydroxyl groups is 1. The SMILES string of the molecule is CC(C)(C)OC(=O)c1cn(-c2ccc(O)cc2)c(=O)c(NC(=O)c2ccccc2)c1C(=O)OC(C)(C)C. The van der Waals surface area contributed by atoms with Crippen molar-refractivity contribution in [1.29, 1.82) is 0 Å². The van der Waals surface area contributed by atoms with Gasteiger partial charge in [0.2, 0.25) is 0 Å². The van der Waals surface area contributed by atoms with Crippen molar-refractivity contribution in [2.45, 2.75) is 52.7 Å². The first-order valence-electron chi connectivity index (χ1n) is 11.6. The molecule has 0 aliphatic carbocycles. The van der Waals surface area contributed by atoms with Crippen LogP contribution in [0, 0.1) is 0 Å². The molecule has 0 aliphatic heterocycles. The number of ether oxygens (including phenoxy) is 2. The number of nitrogens with one attached hydrogen (secondary N) is 1. The number of phenols is 1. The number of nitrogens with zero attached hydrogens (tertiary/aromatic N) is 1. The molecule has 9 nitrogen and oxygen atoms in total. The van der Waals surface area contributed by atoms with Crippen LogP contribution < -0.4 is 10.9 Å². The molecule has 0 fully saturated rings. The van der Waals surface area contributed by atoms with E-state index in [1.807, 2.05) is 0 Å². The zero-order chi connectivity index (χ0) is 27.5. The second-order valence-corrected chi connectivity index (χ2v) is 10.3. The van der Waals surface area contributed by atoms with Crippen LogP contribution in [0.3, 0.4) is 0 Å². The first-order chi connectivity index (χ1) is 17.2. The quantitative estimate of drug-likeness (QED) is 0.481. The van der Waals surface area contributed by atoms with E-state index in [4.69, 9.17) is 9.47 Å². The lowest BCUT2D eigenvalue weighted by atomic mass is 10.1. The molecule has 0 radical (unpaired) electrons. The molecule has 0 saturated heterocycles. The molecule has 1 amide bonds. The molecule has 9 heteroatoms. The van der Waals surface area contributed by atoms with Crippen LogP contribution in [0.5, 0.6) is 5.75 Å². The van der Waals surface area contributed by atoms with E-state index in [2.05, 4.69) is 5.32 Å². The lowest BCUT2D eigenvalue weighted by Crippen LogP contribution is -2.34. The number of pyridine rings is 1. The Balaban J connectivity index is 2.33. The number of hydrogen-bond acceptors (Lipinski definition) is 7. The van der Waals surface area contributed by atoms with Gasteiger partial charge in [0, 0.05) is 17.4 Å². The summed E-state index contributed by atoms with van der Waals surface area (Å²) in [5.74, 6) is -2.57. The van der Waals surface area contributed by atoms with Gasteiger partial charge >= 0.3 is 11.9 Å². The Kier molecular flexibility index (Phi) is 7.57. The maximum absolute atomic E-state index is 13.7. The molecule has 3 rings (SSSR count). The monoisotopic (exact) mass is 506 g/mol. The molecular weight excluding hydrogens is 476 g/mol. The summed E-state index contributed by atoms with van der Waals surface area (Å²) in [5.41, 5.74) is -3.31. The predicted octanol–water partition coefficient (Wildman–Crippen LogP) is 4.71. The Hall–Kier alpha value is -4.40. The molecule has 0 aliphatic rings. The van der Waals surface area contributed by atoms with Crippen LogP contribution >= 0.6 is 0 Å². The van der Waals surface area contributed by atoms with E-state index in [0.717, 1.165) is 4.57 Å². The second kappa shape index (κ2) is 10.3. The van der Waals surface area contributed by atoms with Gasteiger partial charge in [-0.15, -0.1) is 0 Å². The summed E-state index contributed by atoms with van der Waals surface area (Å²) in [6, 6.07) is 13.7. The zero-order valence-corrected chi connectivity index (χ0v) is 21.6. The highest BCUT2D eigenvalue weighted by atomic mass is 16.6. The number of hydrogen-bond donors (Lipinski definition) is 2. The van der Waals surface area contributed by atoms with Crippen LogP contribution in [0.4, 0.5) is 5.69 Å². The summed E-state index contributed by atoms with van der Waals surface area (Å²) >= 11 is 0. The van der Waals surface area contributed by atoms with Crippen molar-refractivity contribution in [2.75, 3.05) is 5.32 Å². The Morgan fingerprint density at radius 3 is 1.89 bits per heavy atom. The number of amides is 1. The molecule has 0 unspecified atom stereocenters. The third kappa shape index (κ3) is 6.84. The van der Waals surface area contributed by atoms with E-state index in [1.54, 1.807) is 71.9 Å². The molecule has 3 aromatic rings. The number of aromatic nitrogens is 1. The number of benzene rings is 2. The lowest BCUT2D eigenvalue weighted by Gasteiger charge is -2.24. The van der Waals surface area contributed by atoms with Gasteiger partial charge in [-0.3, -0.25) is 14.2 Å². The molecule has 1 aromatic heterocycles. The zero-order valence-electron chi connectivity index (χ0n) is 21.6. The van der Waals surface area contributed by atoms with Crippen LogP contribution in [0.2, 0.25) is 0 Å². The summed E-state index contributed by atoms with van der Waals surface area (Å²) in [5, 5.41) is 12.2. The predicted molar refractivity (Wildman–Crippen MR) is 138 cm³/mol. The summed E-state index contributed by atoms with van der Waals surface area (Å²) in [4.78, 5) is 53.4. The fourth-order valence-electron chi connectivity index (χ4n) is 3.34. The van der Waals surface area contributed by atoms with Crippen LogP contribution in [-0.4, -0.2) is 38.7 Å². The van der Waals surface area contributed by atoms with Gasteiger partial charge in [0.25, 0.3) is 11.5 Å². The number of rotatable bonds is 5. The fourth-order valence-corrected chi connectivity index (χ4v) is 3.34. The van der Waals surface area contributed by atoms with Crippen molar-refractivity contribution in [1.82, 2.24) is 4.57 Å². The first kappa shape index (κ1) is 27.2. The molecule has 194 valence electrons. The van der Waals surface area contributed by atoms with Gasteiger partial charge < -0.3 is 19.9 Å². The third-order valence-electron chi connectivity index (χ3n) is 4.83. The highest BCUT2D eigenvalue weighted by Gasteiger charge is 2.32. The summed E-state index contributed by atoms with van der Waals surface area (Å²) in [7, 11) is 0. The van der Waals surface area contributed by atoms with E-state index in [0.29, 0.717) is 0 Å². The van der Waals surface area contributed by atoms with Gasteiger partial charge in [-0.25, -0.2) is 9.59 Å². The van der Waals surface area contributed by atoms with Gasteiger partial charge in [-0.05, 0) is 77.9 Å². The van der Waals surface area contributed by atoms with Gasteiger partial charge in [-0.2, -0.15) is 0 Å². The number of carbonyl (C=O) groups excluding carboxylic acids is 3. The Labute approximate surface area is 214 Å². The fraction of sp³-hybridized carbons (Fsp3) is 0.286. The summed E-state index contributed by atoms with van der Waals surface area (Å²) < 4.78 is 12.1. The van der Waals surface area contributed by atoms with Crippen LogP contribution in [0.15, 0.2) is 65.6 Å². The lowest BCUT2D eigenvalue weighted by molar-refractivity contribution is 0.00186. The Morgan fingerprint density at radius 2 is 1.35 bits per heavy atom. The smallest absolute Gasteiger partial charge is 0.341 e. The van der Waals surface area contributed by atoms with Crippen molar-refractivity contribution in [3.05, 3.63) is 87.8 Å². The standard InChI is InChI=1S/C28H30N2O7/c1-27(2,3)36-25(34)20-16-30(18-12-14-19(31)15-13-18)24(33)22(21(20)26(35)37-28(4,5)6)29-23(32)17-10-8-7-9-11-17/h7-16,31H,1-6H3,(H,29,32). The number of phenolic OH excluding ortho intramolecular Hbond substituents is 1. The summed E-state index contributed by atoms with van der Waals surface area (Å²) in [6.07, 6.45) is 1.17. The minimum atomic E-state index is -0.980. The van der Waals surface area contributed by atoms with Gasteiger partial charge in [-0.1, -0.05) is 18.2 Å². The maximum atomic E-state index is 13.7. The highest BCUT2D eigenvalue weighted by molar-refractivity contribution is 6.12. The number of anilines is 1. The minimum absolute atomic E-state index is 0.0351. The van der Waals surface area contributed by atoms with Gasteiger partial charge in [0.15, 0.2) is 0 Å². The van der Waals surface area contributed by atoms with Crippen molar-refractivity contribution >= 4 is 23.5 Å². The van der Waals surface area contributed by atoms with Gasteiger partial charge in [0.05, 0.1) is 5.56 Å². The van der Waals surface area contributed by atoms with Crippen molar-refractivity contribution in [3.63, 3.8) is 0 Å². The molecule has 0 saturated carbocycles. The minimum Gasteiger partial charge on any atom is -0.508 e. The molecule has 0 atom stereocenters. The summed E-state index contributed by atoms with van der Waals surface area (Å²) in [6.45, 7) is 9.89. The van der Waals surface area contributed by atoms with E-state index in [9.17, 15) is 24.3 Å². The normalized spacial score (nSPS) is 11.5. The van der Waals surface area contributed by atoms with Crippen LogP contribution in [-0.2, 0) is 9.47 Å². The van der Waals surface area contributed by atoms with Crippen LogP contribution in [0.1, 0.15) is 72.6 Å². The van der Waals surface area contributed by atoms with Crippen molar-refractivity contribution < 1.29 is 29.0 Å². The van der Waals surface area contributed by atoms with E-state index < -0.39 is 45.9 Å². The molecule has 37 heavy (non-hydrogen) atoms. The largest absolute Gasteiger partial charge is 0.508 e. The first-order valence-corrected chi connectivity index (χ1v) is 11.6. The molecule has 2 N–H and O–H groups in total. The van der Waals surface area contributed by atoms with Crippen LogP contribution in [0.25, 0.3) is 5.69 Å². The number of carbonyl (C=O) groups is 3. The molecule has 2 aromatic carbocycles. The van der Waals surface area contributed by atoms with Crippen molar-refractivity contribution in [3.8, 4) is 11.4 Å². The van der Waals surface area contributed by atoms with E-state index >= 15 is 0 Å². The molecular formula is C28H30N2O7. The van der Waals surface area contributed by atoms with Gasteiger partial charge in [0.1, 0.15) is 28.2 Å². The Morgan fingerprint density at radius 1 is 0.811 bits per heavy atom. The second-order valence-electron chi connectivity index (χ2n) is 10.3. The number of esters is 2. The highest BCUT2D eigenvalue weighted by Crippen LogP contribution is 2.25. The van der Waals surface area contributed by atoms with Crippen molar-refractivity contribution in [2.24, 2.45) is 0 Å². The topological polar surface area (TPSA) is 124 Å². The van der Waals surface area contributed by atoms with E-state index in [-0.39, 0.29) is 22.6 Å². The average Bonchev–Trinajstić information content (AvgIpc) is 2.79. The molecule has 0 spiro atoms. The maximum Gasteiger partial charge on any atom is 0.341 e. The van der Waals surface area contributed by atoms with E-state index in [1.165, 1.54) is 30.5 Å². The molecule has 1 heterocycles. The average molecular weight is 507 g/mol. The Bertz CT molecular complexity index is 1380.